The highest BCUT2D eigenvalue weighted by atomic mass is 16.5. The van der Waals surface area contributed by atoms with Crippen molar-refractivity contribution in [2.75, 3.05) is 44.7 Å². The van der Waals surface area contributed by atoms with Gasteiger partial charge in [0.25, 0.3) is 5.91 Å². The van der Waals surface area contributed by atoms with Gasteiger partial charge >= 0.3 is 0 Å². The maximum atomic E-state index is 13.1. The minimum atomic E-state index is 0.0918. The summed E-state index contributed by atoms with van der Waals surface area (Å²) in [5.41, 5.74) is 3.04. The molecule has 0 unspecified atom stereocenters. The van der Waals surface area contributed by atoms with Gasteiger partial charge in [-0.1, -0.05) is 12.1 Å². The first-order chi connectivity index (χ1) is 15.0. The Hall–Kier alpha value is -2.86. The standard InChI is InChI=1S/C25H31N3O3/c1-19(29)21-5-7-22(8-6-21)27-15-13-26(14-16-27)18-25(30)28(23-9-10-23)17-20-3-11-24(31-2)12-4-20/h3-8,11-12,23H,9-10,13-18H2,1-2H3/p+1. The summed E-state index contributed by atoms with van der Waals surface area (Å²) in [7, 11) is 1.67. The SMILES string of the molecule is COc1ccc(CN(C(=O)C[NH+]2CCN(c3ccc(C(C)=O)cc3)CC2)C2CC2)cc1. The fourth-order valence-corrected chi connectivity index (χ4v) is 4.22. The molecule has 164 valence electrons. The van der Waals surface area contributed by atoms with E-state index < -0.39 is 0 Å². The van der Waals surface area contributed by atoms with Crippen molar-refractivity contribution in [1.29, 1.82) is 0 Å². The highest BCUT2D eigenvalue weighted by Gasteiger charge is 2.34. The van der Waals surface area contributed by atoms with E-state index in [2.05, 4.69) is 9.80 Å². The lowest BCUT2D eigenvalue weighted by atomic mass is 10.1. The fourth-order valence-electron chi connectivity index (χ4n) is 4.22. The first-order valence-corrected chi connectivity index (χ1v) is 11.2. The zero-order valence-electron chi connectivity index (χ0n) is 18.5. The molecule has 0 spiro atoms. The Bertz CT molecular complexity index is 899. The van der Waals surface area contributed by atoms with Crippen LogP contribution in [0.15, 0.2) is 48.5 Å². The zero-order valence-corrected chi connectivity index (χ0v) is 18.5. The first kappa shape index (κ1) is 21.4. The quantitative estimate of drug-likeness (QED) is 0.659. The molecule has 4 rings (SSSR count). The van der Waals surface area contributed by atoms with E-state index in [0.717, 1.165) is 61.6 Å². The molecule has 1 aliphatic carbocycles. The molecule has 1 amide bonds. The third-order valence-electron chi connectivity index (χ3n) is 6.33. The summed E-state index contributed by atoms with van der Waals surface area (Å²) in [5, 5.41) is 0. The number of rotatable bonds is 8. The molecule has 31 heavy (non-hydrogen) atoms. The van der Waals surface area contributed by atoms with Crippen molar-refractivity contribution in [3.63, 3.8) is 0 Å². The molecule has 2 fully saturated rings. The molecule has 0 aromatic heterocycles. The number of carbonyl (C=O) groups is 2. The lowest BCUT2D eigenvalue weighted by Gasteiger charge is -2.34. The molecule has 0 bridgehead atoms. The van der Waals surface area contributed by atoms with Gasteiger partial charge < -0.3 is 19.4 Å². The predicted molar refractivity (Wildman–Crippen MR) is 121 cm³/mol. The number of Topliss-reactive ketones (excluding diaryl/α,β-unsaturated/α-hetero) is 1. The van der Waals surface area contributed by atoms with E-state index >= 15 is 0 Å². The van der Waals surface area contributed by atoms with Crippen molar-refractivity contribution in [3.05, 3.63) is 59.7 Å². The molecule has 6 nitrogen and oxygen atoms in total. The van der Waals surface area contributed by atoms with Crippen LogP contribution in [0.5, 0.6) is 5.75 Å². The number of nitrogens with one attached hydrogen (secondary N) is 1. The second-order valence-electron chi connectivity index (χ2n) is 8.62. The molecule has 6 heteroatoms. The van der Waals surface area contributed by atoms with E-state index in [0.29, 0.717) is 19.1 Å². The van der Waals surface area contributed by atoms with E-state index in [-0.39, 0.29) is 11.7 Å². The Morgan fingerprint density at radius 1 is 1.03 bits per heavy atom. The number of ether oxygens (including phenoxy) is 1. The normalized spacial score (nSPS) is 16.8. The number of ketones is 1. The van der Waals surface area contributed by atoms with Crippen LogP contribution in [-0.4, -0.2) is 62.5 Å². The number of methoxy groups -OCH3 is 1. The number of hydrogen-bond acceptors (Lipinski definition) is 4. The minimum Gasteiger partial charge on any atom is -0.497 e. The van der Waals surface area contributed by atoms with E-state index in [1.807, 2.05) is 48.5 Å². The van der Waals surface area contributed by atoms with Crippen LogP contribution in [0.25, 0.3) is 0 Å². The van der Waals surface area contributed by atoms with Gasteiger partial charge in [-0.05, 0) is 61.7 Å². The van der Waals surface area contributed by atoms with E-state index in [1.165, 1.54) is 4.90 Å². The second-order valence-corrected chi connectivity index (χ2v) is 8.62. The minimum absolute atomic E-state index is 0.0918. The number of quaternary nitrogens is 1. The third-order valence-corrected chi connectivity index (χ3v) is 6.33. The Kier molecular flexibility index (Phi) is 6.56. The molecule has 1 heterocycles. The summed E-state index contributed by atoms with van der Waals surface area (Å²) >= 11 is 0. The summed E-state index contributed by atoms with van der Waals surface area (Å²) in [5.74, 6) is 1.19. The van der Waals surface area contributed by atoms with Crippen molar-refractivity contribution in [1.82, 2.24) is 4.90 Å². The van der Waals surface area contributed by atoms with E-state index in [1.54, 1.807) is 14.0 Å². The molecular formula is C25H32N3O3+. The molecular weight excluding hydrogens is 390 g/mol. The van der Waals surface area contributed by atoms with Crippen LogP contribution in [0.4, 0.5) is 5.69 Å². The van der Waals surface area contributed by atoms with Crippen molar-refractivity contribution >= 4 is 17.4 Å². The van der Waals surface area contributed by atoms with Gasteiger partial charge in [0.2, 0.25) is 0 Å². The number of nitrogens with zero attached hydrogens (tertiary/aromatic N) is 2. The molecule has 1 aliphatic heterocycles. The molecule has 2 aromatic rings. The van der Waals surface area contributed by atoms with Crippen LogP contribution in [-0.2, 0) is 11.3 Å². The van der Waals surface area contributed by atoms with E-state index in [9.17, 15) is 9.59 Å². The van der Waals surface area contributed by atoms with Gasteiger partial charge in [-0.25, -0.2) is 0 Å². The van der Waals surface area contributed by atoms with Gasteiger partial charge in [0.05, 0.1) is 33.3 Å². The Balaban J connectivity index is 1.30. The Morgan fingerprint density at radius 2 is 1.68 bits per heavy atom. The lowest BCUT2D eigenvalue weighted by molar-refractivity contribution is -0.892. The molecule has 1 saturated heterocycles. The van der Waals surface area contributed by atoms with E-state index in [4.69, 9.17) is 4.74 Å². The van der Waals surface area contributed by atoms with Gasteiger partial charge in [0.15, 0.2) is 12.3 Å². The maximum Gasteiger partial charge on any atom is 0.278 e. The fraction of sp³-hybridized carbons (Fsp3) is 0.440. The van der Waals surface area contributed by atoms with Crippen LogP contribution in [0.3, 0.4) is 0 Å². The number of benzene rings is 2. The maximum absolute atomic E-state index is 13.1. The molecule has 0 atom stereocenters. The average molecular weight is 423 g/mol. The lowest BCUT2D eigenvalue weighted by Crippen LogP contribution is -3.15. The van der Waals surface area contributed by atoms with Gasteiger partial charge in [-0.2, -0.15) is 0 Å². The predicted octanol–water partition coefficient (Wildman–Crippen LogP) is 1.79. The first-order valence-electron chi connectivity index (χ1n) is 11.2. The number of amides is 1. The van der Waals surface area contributed by atoms with Crippen molar-refractivity contribution < 1.29 is 19.2 Å². The second kappa shape index (κ2) is 9.52. The van der Waals surface area contributed by atoms with Crippen LogP contribution in [0.1, 0.15) is 35.7 Å². The van der Waals surface area contributed by atoms with Crippen LogP contribution in [0, 0.1) is 0 Å². The number of hydrogen-bond donors (Lipinski definition) is 1. The molecule has 1 N–H and O–H groups in total. The van der Waals surface area contributed by atoms with Gasteiger partial charge in [-0.3, -0.25) is 9.59 Å². The molecule has 1 saturated carbocycles. The van der Waals surface area contributed by atoms with Crippen molar-refractivity contribution in [2.45, 2.75) is 32.4 Å². The topological polar surface area (TPSA) is 54.3 Å². The highest BCUT2D eigenvalue weighted by Crippen LogP contribution is 2.28. The summed E-state index contributed by atoms with van der Waals surface area (Å²) in [4.78, 5) is 30.3. The third kappa shape index (κ3) is 5.44. The monoisotopic (exact) mass is 422 g/mol. The number of piperazine rings is 1. The smallest absolute Gasteiger partial charge is 0.278 e. The van der Waals surface area contributed by atoms with Gasteiger partial charge in [0, 0.05) is 23.8 Å². The van der Waals surface area contributed by atoms with Crippen LogP contribution < -0.4 is 14.5 Å². The average Bonchev–Trinajstić information content (AvgIpc) is 3.63. The van der Waals surface area contributed by atoms with Crippen molar-refractivity contribution in [3.8, 4) is 5.75 Å². The zero-order chi connectivity index (χ0) is 21.8. The summed E-state index contributed by atoms with van der Waals surface area (Å²) < 4.78 is 5.24. The van der Waals surface area contributed by atoms with Gasteiger partial charge in [0.1, 0.15) is 5.75 Å². The molecule has 0 radical (unpaired) electrons. The highest BCUT2D eigenvalue weighted by molar-refractivity contribution is 5.94. The Morgan fingerprint density at radius 3 is 2.23 bits per heavy atom. The summed E-state index contributed by atoms with van der Waals surface area (Å²) in [6.07, 6.45) is 2.22. The Labute approximate surface area is 184 Å². The van der Waals surface area contributed by atoms with Gasteiger partial charge in [-0.15, -0.1) is 0 Å². The largest absolute Gasteiger partial charge is 0.497 e. The molecule has 2 aliphatic rings. The van der Waals surface area contributed by atoms with Crippen LogP contribution >= 0.6 is 0 Å². The number of anilines is 1. The van der Waals surface area contributed by atoms with Crippen molar-refractivity contribution in [2.24, 2.45) is 0 Å². The summed E-state index contributed by atoms with van der Waals surface area (Å²) in [6.45, 7) is 6.56. The number of carbonyl (C=O) groups excluding carboxylic acids is 2. The molecule has 2 aromatic carbocycles. The summed E-state index contributed by atoms with van der Waals surface area (Å²) in [6, 6.07) is 16.2. The van der Waals surface area contributed by atoms with Crippen LogP contribution in [0.2, 0.25) is 0 Å².